The lowest BCUT2D eigenvalue weighted by Crippen LogP contribution is -2.40. The van der Waals surface area contributed by atoms with E-state index in [0.717, 1.165) is 22.7 Å². The zero-order valence-electron chi connectivity index (χ0n) is 11.6. The molecular weight excluding hydrogens is 258 g/mol. The van der Waals surface area contributed by atoms with Crippen LogP contribution in [0.3, 0.4) is 0 Å². The predicted molar refractivity (Wildman–Crippen MR) is 78.6 cm³/mol. The van der Waals surface area contributed by atoms with Gasteiger partial charge in [0.05, 0.1) is 6.54 Å². The highest BCUT2D eigenvalue weighted by Gasteiger charge is 2.28. The first-order chi connectivity index (χ1) is 9.35. The van der Waals surface area contributed by atoms with Gasteiger partial charge in [0, 0.05) is 26.2 Å². The molecule has 5 nitrogen and oxygen atoms in total. The summed E-state index contributed by atoms with van der Waals surface area (Å²) in [4.78, 5) is 5.22. The van der Waals surface area contributed by atoms with Gasteiger partial charge in [-0.3, -0.25) is 9.80 Å². The molecule has 0 spiro atoms. The maximum Gasteiger partial charge on any atom is 0.205 e. The van der Waals surface area contributed by atoms with Gasteiger partial charge < -0.3 is 5.32 Å². The standard InChI is InChI=1S/C13H23N5S/c1-14-13-16-15-12(19-13)10-17-8-5-11(9-17)18-6-3-2-4-7-18/h11H,2-10H2,1H3,(H,14,16). The van der Waals surface area contributed by atoms with Crippen molar-refractivity contribution in [1.29, 1.82) is 0 Å². The summed E-state index contributed by atoms with van der Waals surface area (Å²) in [7, 11) is 1.90. The molecule has 19 heavy (non-hydrogen) atoms. The van der Waals surface area contributed by atoms with Crippen molar-refractivity contribution in [3.05, 3.63) is 5.01 Å². The van der Waals surface area contributed by atoms with Gasteiger partial charge >= 0.3 is 0 Å². The molecule has 0 bridgehead atoms. The molecule has 3 rings (SSSR count). The van der Waals surface area contributed by atoms with Gasteiger partial charge in [0.2, 0.25) is 5.13 Å². The molecule has 2 aliphatic heterocycles. The Morgan fingerprint density at radius 2 is 2.05 bits per heavy atom. The van der Waals surface area contributed by atoms with E-state index in [1.807, 2.05) is 7.05 Å². The molecule has 1 N–H and O–H groups in total. The Morgan fingerprint density at radius 3 is 2.79 bits per heavy atom. The maximum atomic E-state index is 4.24. The van der Waals surface area contributed by atoms with Crippen molar-refractivity contribution >= 4 is 16.5 Å². The van der Waals surface area contributed by atoms with E-state index >= 15 is 0 Å². The quantitative estimate of drug-likeness (QED) is 0.909. The van der Waals surface area contributed by atoms with Crippen LogP contribution in [0.4, 0.5) is 5.13 Å². The molecule has 1 aromatic heterocycles. The van der Waals surface area contributed by atoms with Gasteiger partial charge in [0.1, 0.15) is 5.01 Å². The van der Waals surface area contributed by atoms with Crippen LogP contribution in [0.15, 0.2) is 0 Å². The Hall–Kier alpha value is -0.720. The van der Waals surface area contributed by atoms with Crippen LogP contribution in [0, 0.1) is 0 Å². The number of piperidine rings is 1. The number of anilines is 1. The largest absolute Gasteiger partial charge is 0.363 e. The van der Waals surface area contributed by atoms with Crippen LogP contribution in [0.25, 0.3) is 0 Å². The monoisotopic (exact) mass is 281 g/mol. The second-order valence-electron chi connectivity index (χ2n) is 5.53. The van der Waals surface area contributed by atoms with Crippen molar-refractivity contribution in [2.75, 3.05) is 38.5 Å². The lowest BCUT2D eigenvalue weighted by molar-refractivity contribution is 0.161. The number of likely N-dealkylation sites (tertiary alicyclic amines) is 2. The van der Waals surface area contributed by atoms with E-state index < -0.39 is 0 Å². The molecule has 0 aliphatic carbocycles. The summed E-state index contributed by atoms with van der Waals surface area (Å²) in [5.74, 6) is 0. The fourth-order valence-corrected chi connectivity index (χ4v) is 3.88. The van der Waals surface area contributed by atoms with Crippen molar-refractivity contribution in [1.82, 2.24) is 20.0 Å². The summed E-state index contributed by atoms with van der Waals surface area (Å²) in [6.45, 7) is 5.98. The van der Waals surface area contributed by atoms with Crippen LogP contribution in [0.2, 0.25) is 0 Å². The summed E-state index contributed by atoms with van der Waals surface area (Å²) in [6, 6.07) is 0.775. The topological polar surface area (TPSA) is 44.3 Å². The van der Waals surface area contributed by atoms with E-state index in [-0.39, 0.29) is 0 Å². The number of aromatic nitrogens is 2. The van der Waals surface area contributed by atoms with Gasteiger partial charge in [0.25, 0.3) is 0 Å². The molecule has 1 aromatic rings. The molecule has 0 amide bonds. The van der Waals surface area contributed by atoms with Crippen molar-refractivity contribution in [3.8, 4) is 0 Å². The molecule has 0 aromatic carbocycles. The predicted octanol–water partition coefficient (Wildman–Crippen LogP) is 1.64. The zero-order chi connectivity index (χ0) is 13.1. The summed E-state index contributed by atoms with van der Waals surface area (Å²) in [5, 5.41) is 13.4. The highest BCUT2D eigenvalue weighted by Crippen LogP contribution is 2.23. The van der Waals surface area contributed by atoms with E-state index in [9.17, 15) is 0 Å². The lowest BCUT2D eigenvalue weighted by atomic mass is 10.1. The average molecular weight is 281 g/mol. The molecule has 2 fully saturated rings. The van der Waals surface area contributed by atoms with Crippen molar-refractivity contribution in [2.24, 2.45) is 0 Å². The summed E-state index contributed by atoms with van der Waals surface area (Å²) in [5.41, 5.74) is 0. The minimum absolute atomic E-state index is 0.775. The Labute approximate surface area is 119 Å². The van der Waals surface area contributed by atoms with E-state index in [4.69, 9.17) is 0 Å². The Kier molecular flexibility index (Phi) is 4.30. The van der Waals surface area contributed by atoms with Crippen LogP contribution in [-0.4, -0.2) is 59.3 Å². The molecule has 6 heteroatoms. The highest BCUT2D eigenvalue weighted by molar-refractivity contribution is 7.15. The smallest absolute Gasteiger partial charge is 0.205 e. The van der Waals surface area contributed by atoms with Crippen molar-refractivity contribution in [2.45, 2.75) is 38.3 Å². The second kappa shape index (κ2) is 6.15. The van der Waals surface area contributed by atoms with Crippen molar-refractivity contribution in [3.63, 3.8) is 0 Å². The number of nitrogens with zero attached hydrogens (tertiary/aromatic N) is 4. The molecule has 2 aliphatic rings. The minimum Gasteiger partial charge on any atom is -0.363 e. The second-order valence-corrected chi connectivity index (χ2v) is 6.59. The molecule has 2 saturated heterocycles. The maximum absolute atomic E-state index is 4.24. The van der Waals surface area contributed by atoms with E-state index in [1.165, 1.54) is 51.9 Å². The Bertz CT molecular complexity index is 401. The molecular formula is C13H23N5S. The molecule has 0 radical (unpaired) electrons. The van der Waals surface area contributed by atoms with E-state index in [2.05, 4.69) is 25.3 Å². The minimum atomic E-state index is 0.775. The number of hydrogen-bond donors (Lipinski definition) is 1. The van der Waals surface area contributed by atoms with Gasteiger partial charge in [-0.2, -0.15) is 0 Å². The number of nitrogens with one attached hydrogen (secondary N) is 1. The van der Waals surface area contributed by atoms with Gasteiger partial charge in [-0.15, -0.1) is 10.2 Å². The van der Waals surface area contributed by atoms with Crippen LogP contribution in [0.1, 0.15) is 30.7 Å². The molecule has 1 unspecified atom stereocenters. The van der Waals surface area contributed by atoms with Gasteiger partial charge in [-0.1, -0.05) is 17.8 Å². The fourth-order valence-electron chi connectivity index (χ4n) is 3.15. The first-order valence-corrected chi connectivity index (χ1v) is 8.13. The molecule has 1 atom stereocenters. The fraction of sp³-hybridized carbons (Fsp3) is 0.846. The first kappa shape index (κ1) is 13.3. The van der Waals surface area contributed by atoms with E-state index in [0.29, 0.717) is 0 Å². The van der Waals surface area contributed by atoms with E-state index in [1.54, 1.807) is 11.3 Å². The van der Waals surface area contributed by atoms with Gasteiger partial charge in [0.15, 0.2) is 0 Å². The first-order valence-electron chi connectivity index (χ1n) is 7.31. The van der Waals surface area contributed by atoms with Crippen molar-refractivity contribution < 1.29 is 0 Å². The third kappa shape index (κ3) is 3.24. The molecule has 3 heterocycles. The normalized spacial score (nSPS) is 25.8. The summed E-state index contributed by atoms with van der Waals surface area (Å²) in [6.07, 6.45) is 5.51. The van der Waals surface area contributed by atoms with Gasteiger partial charge in [-0.05, 0) is 32.4 Å². The van der Waals surface area contributed by atoms with Crippen LogP contribution >= 0.6 is 11.3 Å². The Morgan fingerprint density at radius 1 is 1.21 bits per heavy atom. The van der Waals surface area contributed by atoms with Crippen LogP contribution < -0.4 is 5.32 Å². The zero-order valence-corrected chi connectivity index (χ0v) is 12.5. The molecule has 106 valence electrons. The number of hydrogen-bond acceptors (Lipinski definition) is 6. The average Bonchev–Trinajstić information content (AvgIpc) is 3.09. The Balaban J connectivity index is 1.51. The summed E-state index contributed by atoms with van der Waals surface area (Å²) < 4.78 is 0. The third-order valence-corrected chi connectivity index (χ3v) is 5.12. The van der Waals surface area contributed by atoms with Crippen LogP contribution in [0.5, 0.6) is 0 Å². The number of rotatable bonds is 4. The van der Waals surface area contributed by atoms with Gasteiger partial charge in [-0.25, -0.2) is 0 Å². The lowest BCUT2D eigenvalue weighted by Gasteiger charge is -2.32. The van der Waals surface area contributed by atoms with Crippen LogP contribution in [-0.2, 0) is 6.54 Å². The summed E-state index contributed by atoms with van der Waals surface area (Å²) >= 11 is 1.67. The third-order valence-electron chi connectivity index (χ3n) is 4.19. The highest BCUT2D eigenvalue weighted by atomic mass is 32.1. The molecule has 0 saturated carbocycles. The SMILES string of the molecule is CNc1nnc(CN2CCC(N3CCCCC3)C2)s1.